The molecule has 1 saturated carbocycles. The average molecular weight is 302 g/mol. The number of rotatable bonds is 4. The van der Waals surface area contributed by atoms with Crippen molar-refractivity contribution in [3.05, 3.63) is 29.8 Å². The fourth-order valence-electron chi connectivity index (χ4n) is 3.42. The highest BCUT2D eigenvalue weighted by atomic mass is 16.5. The van der Waals surface area contributed by atoms with E-state index in [9.17, 15) is 9.59 Å². The number of anilines is 1. The van der Waals surface area contributed by atoms with E-state index in [2.05, 4.69) is 15.4 Å². The summed E-state index contributed by atoms with van der Waals surface area (Å²) in [6.45, 7) is 2.02. The van der Waals surface area contributed by atoms with Gasteiger partial charge in [-0.25, -0.2) is 0 Å². The summed E-state index contributed by atoms with van der Waals surface area (Å²) >= 11 is 0. The van der Waals surface area contributed by atoms with E-state index in [0.717, 1.165) is 43.6 Å². The number of hydrogen-bond acceptors (Lipinski definition) is 4. The second-order valence-corrected chi connectivity index (χ2v) is 6.31. The van der Waals surface area contributed by atoms with Gasteiger partial charge in [-0.05, 0) is 55.5 Å². The van der Waals surface area contributed by atoms with E-state index in [1.54, 1.807) is 0 Å². The summed E-state index contributed by atoms with van der Waals surface area (Å²) in [7, 11) is 1.37. The standard InChI is InChI=1S/C17H22N2O3/c1-22-15(20)10-12-3-2-4-13(9-12)19-16(21)14-11-17(14)5-7-18-8-6-17/h2-4,9,14,18H,5-8,10-11H2,1H3,(H,19,21). The number of hydrogen-bond donors (Lipinski definition) is 2. The number of carbonyl (C=O) groups excluding carboxylic acids is 2. The van der Waals surface area contributed by atoms with Crippen LogP contribution in [0.15, 0.2) is 24.3 Å². The number of esters is 1. The number of methoxy groups -OCH3 is 1. The summed E-state index contributed by atoms with van der Waals surface area (Å²) in [4.78, 5) is 23.7. The summed E-state index contributed by atoms with van der Waals surface area (Å²) in [6.07, 6.45) is 3.41. The maximum Gasteiger partial charge on any atom is 0.309 e. The van der Waals surface area contributed by atoms with Crippen LogP contribution in [-0.2, 0) is 20.7 Å². The van der Waals surface area contributed by atoms with Gasteiger partial charge in [0.15, 0.2) is 0 Å². The number of ether oxygens (including phenoxy) is 1. The van der Waals surface area contributed by atoms with E-state index in [-0.39, 0.29) is 29.6 Å². The van der Waals surface area contributed by atoms with Crippen LogP contribution in [0.4, 0.5) is 5.69 Å². The largest absolute Gasteiger partial charge is 0.469 e. The molecule has 5 heteroatoms. The molecule has 2 fully saturated rings. The molecule has 3 rings (SSSR count). The van der Waals surface area contributed by atoms with Crippen molar-refractivity contribution < 1.29 is 14.3 Å². The molecule has 0 radical (unpaired) electrons. The highest BCUT2D eigenvalue weighted by molar-refractivity contribution is 5.95. The molecule has 1 unspecified atom stereocenters. The molecule has 1 amide bonds. The molecule has 5 nitrogen and oxygen atoms in total. The predicted molar refractivity (Wildman–Crippen MR) is 83.4 cm³/mol. The lowest BCUT2D eigenvalue weighted by molar-refractivity contribution is -0.139. The molecule has 0 bridgehead atoms. The van der Waals surface area contributed by atoms with Crippen LogP contribution in [-0.4, -0.2) is 32.1 Å². The van der Waals surface area contributed by atoms with Gasteiger partial charge in [-0.15, -0.1) is 0 Å². The normalized spacial score (nSPS) is 22.1. The predicted octanol–water partition coefficient (Wildman–Crippen LogP) is 1.73. The zero-order valence-corrected chi connectivity index (χ0v) is 12.9. The second kappa shape index (κ2) is 6.08. The van der Waals surface area contributed by atoms with Gasteiger partial charge in [0.05, 0.1) is 13.5 Å². The van der Waals surface area contributed by atoms with Gasteiger partial charge in [0.2, 0.25) is 5.91 Å². The third kappa shape index (κ3) is 3.14. The third-order valence-corrected chi connectivity index (χ3v) is 4.88. The van der Waals surface area contributed by atoms with Gasteiger partial charge in [-0.1, -0.05) is 12.1 Å². The van der Waals surface area contributed by atoms with Crippen LogP contribution in [0.1, 0.15) is 24.8 Å². The minimum atomic E-state index is -0.278. The van der Waals surface area contributed by atoms with E-state index in [1.807, 2.05) is 24.3 Å². The highest BCUT2D eigenvalue weighted by Crippen LogP contribution is 2.58. The van der Waals surface area contributed by atoms with Gasteiger partial charge in [-0.2, -0.15) is 0 Å². The van der Waals surface area contributed by atoms with Crippen LogP contribution < -0.4 is 10.6 Å². The van der Waals surface area contributed by atoms with Crippen LogP contribution in [0.25, 0.3) is 0 Å². The quantitative estimate of drug-likeness (QED) is 0.831. The average Bonchev–Trinajstić information content (AvgIpc) is 3.21. The molecular weight excluding hydrogens is 280 g/mol. The van der Waals surface area contributed by atoms with E-state index in [4.69, 9.17) is 0 Å². The van der Waals surface area contributed by atoms with Crippen LogP contribution in [0.3, 0.4) is 0 Å². The zero-order valence-electron chi connectivity index (χ0n) is 12.9. The number of benzene rings is 1. The maximum atomic E-state index is 12.4. The monoisotopic (exact) mass is 302 g/mol. The molecule has 1 atom stereocenters. The molecule has 1 aliphatic heterocycles. The molecule has 2 N–H and O–H groups in total. The molecule has 0 aromatic heterocycles. The molecule has 1 spiro atoms. The Bertz CT molecular complexity index is 579. The highest BCUT2D eigenvalue weighted by Gasteiger charge is 2.57. The van der Waals surface area contributed by atoms with E-state index >= 15 is 0 Å². The summed E-state index contributed by atoms with van der Waals surface area (Å²) in [5.74, 6) is -0.0321. The van der Waals surface area contributed by atoms with Crippen molar-refractivity contribution in [1.29, 1.82) is 0 Å². The first-order valence-corrected chi connectivity index (χ1v) is 7.80. The number of piperidine rings is 1. The van der Waals surface area contributed by atoms with Gasteiger partial charge >= 0.3 is 5.97 Å². The lowest BCUT2D eigenvalue weighted by Gasteiger charge is -2.23. The van der Waals surface area contributed by atoms with Crippen molar-refractivity contribution >= 4 is 17.6 Å². The maximum absolute atomic E-state index is 12.4. The van der Waals surface area contributed by atoms with Crippen molar-refractivity contribution in [1.82, 2.24) is 5.32 Å². The molecule has 22 heavy (non-hydrogen) atoms. The van der Waals surface area contributed by atoms with Crippen molar-refractivity contribution in [3.63, 3.8) is 0 Å². The van der Waals surface area contributed by atoms with Crippen molar-refractivity contribution in [2.24, 2.45) is 11.3 Å². The fraction of sp³-hybridized carbons (Fsp3) is 0.529. The summed E-state index contributed by atoms with van der Waals surface area (Å²) < 4.78 is 4.67. The summed E-state index contributed by atoms with van der Waals surface area (Å²) in [6, 6.07) is 7.40. The molecule has 1 aliphatic carbocycles. The lowest BCUT2D eigenvalue weighted by Crippen LogP contribution is -2.31. The minimum absolute atomic E-state index is 0.108. The Labute approximate surface area is 130 Å². The van der Waals surface area contributed by atoms with Gasteiger partial charge in [-0.3, -0.25) is 9.59 Å². The first-order chi connectivity index (χ1) is 10.6. The van der Waals surface area contributed by atoms with E-state index in [1.165, 1.54) is 7.11 Å². The Morgan fingerprint density at radius 3 is 2.86 bits per heavy atom. The Hall–Kier alpha value is -1.88. The smallest absolute Gasteiger partial charge is 0.309 e. The SMILES string of the molecule is COC(=O)Cc1cccc(NC(=O)C2CC23CCNCC3)c1. The van der Waals surface area contributed by atoms with Crippen LogP contribution in [0.5, 0.6) is 0 Å². The topological polar surface area (TPSA) is 67.4 Å². The Kier molecular flexibility index (Phi) is 4.16. The molecule has 2 aliphatic rings. The third-order valence-electron chi connectivity index (χ3n) is 4.88. The summed E-state index contributed by atoms with van der Waals surface area (Å²) in [5, 5.41) is 6.34. The summed E-state index contributed by atoms with van der Waals surface area (Å²) in [5.41, 5.74) is 1.83. The van der Waals surface area contributed by atoms with Crippen LogP contribution in [0, 0.1) is 11.3 Å². The molecule has 1 saturated heterocycles. The first kappa shape index (κ1) is 15.0. The molecule has 1 aromatic carbocycles. The van der Waals surface area contributed by atoms with Gasteiger partial charge < -0.3 is 15.4 Å². The van der Waals surface area contributed by atoms with Gasteiger partial charge in [0, 0.05) is 11.6 Å². The Morgan fingerprint density at radius 1 is 1.36 bits per heavy atom. The number of nitrogens with one attached hydrogen (secondary N) is 2. The van der Waals surface area contributed by atoms with E-state index < -0.39 is 0 Å². The molecule has 118 valence electrons. The fourth-order valence-corrected chi connectivity index (χ4v) is 3.42. The zero-order chi connectivity index (χ0) is 15.6. The molecule has 1 heterocycles. The molecular formula is C17H22N2O3. The Balaban J connectivity index is 1.60. The second-order valence-electron chi connectivity index (χ2n) is 6.31. The van der Waals surface area contributed by atoms with E-state index in [0.29, 0.717) is 0 Å². The number of carbonyl (C=O) groups is 2. The molecule has 1 aromatic rings. The van der Waals surface area contributed by atoms with Crippen molar-refractivity contribution in [3.8, 4) is 0 Å². The number of amides is 1. The Morgan fingerprint density at radius 2 is 2.14 bits per heavy atom. The van der Waals surface area contributed by atoms with Crippen LogP contribution in [0.2, 0.25) is 0 Å². The van der Waals surface area contributed by atoms with Gasteiger partial charge in [0.1, 0.15) is 0 Å². The minimum Gasteiger partial charge on any atom is -0.469 e. The van der Waals surface area contributed by atoms with Gasteiger partial charge in [0.25, 0.3) is 0 Å². The first-order valence-electron chi connectivity index (χ1n) is 7.80. The van der Waals surface area contributed by atoms with Crippen molar-refractivity contribution in [2.45, 2.75) is 25.7 Å². The van der Waals surface area contributed by atoms with Crippen molar-refractivity contribution in [2.75, 3.05) is 25.5 Å². The lowest BCUT2D eigenvalue weighted by atomic mass is 9.92. The van der Waals surface area contributed by atoms with Crippen LogP contribution >= 0.6 is 0 Å².